The maximum atomic E-state index is 10.2. The summed E-state index contributed by atoms with van der Waals surface area (Å²) < 4.78 is 0. The van der Waals surface area contributed by atoms with Crippen LogP contribution in [0.15, 0.2) is 54.6 Å². The number of aromatic hydroxyl groups is 3. The van der Waals surface area contributed by atoms with Crippen LogP contribution in [-0.2, 0) is 12.8 Å². The number of phenols is 3. The molecule has 152 valence electrons. The second-order valence-corrected chi connectivity index (χ2v) is 8.46. The van der Waals surface area contributed by atoms with Crippen molar-refractivity contribution < 1.29 is 15.3 Å². The molecule has 0 saturated carbocycles. The van der Waals surface area contributed by atoms with Crippen molar-refractivity contribution in [3.63, 3.8) is 0 Å². The molecule has 29 heavy (non-hydrogen) atoms. The highest BCUT2D eigenvalue weighted by atomic mass is 16.3. The highest BCUT2D eigenvalue weighted by Gasteiger charge is 2.10. The predicted octanol–water partition coefficient (Wildman–Crippen LogP) is 6.23. The van der Waals surface area contributed by atoms with Crippen LogP contribution >= 0.6 is 0 Å². The van der Waals surface area contributed by atoms with Gasteiger partial charge in [-0.25, -0.2) is 0 Å². The van der Waals surface area contributed by atoms with E-state index in [0.717, 1.165) is 33.4 Å². The minimum absolute atomic E-state index is 0.249. The fourth-order valence-corrected chi connectivity index (χ4v) is 3.77. The molecule has 0 aliphatic heterocycles. The van der Waals surface area contributed by atoms with Crippen molar-refractivity contribution in [3.05, 3.63) is 88.0 Å². The van der Waals surface area contributed by atoms with Crippen LogP contribution in [0.5, 0.6) is 17.2 Å². The Labute approximate surface area is 173 Å². The lowest BCUT2D eigenvalue weighted by Crippen LogP contribution is -1.96. The van der Waals surface area contributed by atoms with E-state index in [9.17, 15) is 15.3 Å². The van der Waals surface area contributed by atoms with Gasteiger partial charge in [0.2, 0.25) is 0 Å². The van der Waals surface area contributed by atoms with Gasteiger partial charge in [-0.1, -0.05) is 58.0 Å². The molecule has 3 aromatic rings. The maximum Gasteiger partial charge on any atom is 0.119 e. The van der Waals surface area contributed by atoms with E-state index in [1.54, 1.807) is 24.3 Å². The van der Waals surface area contributed by atoms with E-state index in [-0.39, 0.29) is 17.6 Å². The fraction of sp³-hybridized carbons (Fsp3) is 0.308. The van der Waals surface area contributed by atoms with Gasteiger partial charge >= 0.3 is 0 Å². The summed E-state index contributed by atoms with van der Waals surface area (Å²) in [4.78, 5) is 0. The molecule has 3 nitrogen and oxygen atoms in total. The topological polar surface area (TPSA) is 60.7 Å². The third kappa shape index (κ3) is 5.11. The first-order valence-corrected chi connectivity index (χ1v) is 10.2. The van der Waals surface area contributed by atoms with E-state index >= 15 is 0 Å². The Kier molecular flexibility index (Phi) is 6.17. The molecule has 0 fully saturated rings. The fourth-order valence-electron chi connectivity index (χ4n) is 3.77. The lowest BCUT2D eigenvalue weighted by molar-refractivity contribution is 0.464. The average Bonchev–Trinajstić information content (AvgIpc) is 2.64. The molecule has 0 unspecified atom stereocenters. The lowest BCUT2D eigenvalue weighted by atomic mass is 9.94. The summed E-state index contributed by atoms with van der Waals surface area (Å²) in [5.74, 6) is 1.41. The van der Waals surface area contributed by atoms with Gasteiger partial charge in [0.25, 0.3) is 0 Å². The van der Waals surface area contributed by atoms with Crippen LogP contribution in [0.4, 0.5) is 0 Å². The van der Waals surface area contributed by atoms with Gasteiger partial charge in [-0.05, 0) is 82.3 Å². The molecule has 3 heteroatoms. The summed E-state index contributed by atoms with van der Waals surface area (Å²) in [6, 6.07) is 17.1. The van der Waals surface area contributed by atoms with E-state index in [1.807, 2.05) is 24.3 Å². The first-order valence-electron chi connectivity index (χ1n) is 10.2. The number of hydrogen-bond acceptors (Lipinski definition) is 3. The summed E-state index contributed by atoms with van der Waals surface area (Å²) in [7, 11) is 0. The van der Waals surface area contributed by atoms with Crippen LogP contribution in [0.3, 0.4) is 0 Å². The molecule has 0 aromatic heterocycles. The van der Waals surface area contributed by atoms with Crippen LogP contribution < -0.4 is 0 Å². The van der Waals surface area contributed by atoms with E-state index in [0.29, 0.717) is 24.3 Å². The molecule has 3 N–H and O–H groups in total. The summed E-state index contributed by atoms with van der Waals surface area (Å²) in [6.07, 6.45) is 1.38. The first kappa shape index (κ1) is 20.8. The highest BCUT2D eigenvalue weighted by molar-refractivity contribution is 5.44. The van der Waals surface area contributed by atoms with Crippen molar-refractivity contribution in [1.82, 2.24) is 0 Å². The van der Waals surface area contributed by atoms with E-state index in [1.165, 1.54) is 0 Å². The molecule has 3 rings (SSSR count). The van der Waals surface area contributed by atoms with Crippen molar-refractivity contribution in [1.29, 1.82) is 0 Å². The Morgan fingerprint density at radius 1 is 0.552 bits per heavy atom. The third-order valence-corrected chi connectivity index (χ3v) is 5.28. The highest BCUT2D eigenvalue weighted by Crippen LogP contribution is 2.30. The molecular weight excluding hydrogens is 360 g/mol. The normalized spacial score (nSPS) is 11.4. The summed E-state index contributed by atoms with van der Waals surface area (Å²) in [5.41, 5.74) is 6.15. The van der Waals surface area contributed by atoms with Gasteiger partial charge in [0.15, 0.2) is 0 Å². The molecule has 0 aliphatic rings. The van der Waals surface area contributed by atoms with Crippen molar-refractivity contribution in [2.45, 2.75) is 52.4 Å². The number of rotatable bonds is 6. The monoisotopic (exact) mass is 390 g/mol. The van der Waals surface area contributed by atoms with Crippen LogP contribution in [0.2, 0.25) is 0 Å². The first-order chi connectivity index (χ1) is 13.7. The van der Waals surface area contributed by atoms with Crippen molar-refractivity contribution >= 4 is 0 Å². The molecular formula is C26H30O3. The Hall–Kier alpha value is -2.94. The van der Waals surface area contributed by atoms with Crippen molar-refractivity contribution in [3.8, 4) is 17.2 Å². The minimum Gasteiger partial charge on any atom is -0.508 e. The molecule has 0 spiro atoms. The zero-order valence-electron chi connectivity index (χ0n) is 17.6. The van der Waals surface area contributed by atoms with Gasteiger partial charge in [-0.2, -0.15) is 0 Å². The molecule has 0 bridgehead atoms. The van der Waals surface area contributed by atoms with E-state index < -0.39 is 0 Å². The zero-order chi connectivity index (χ0) is 21.1. The lowest BCUT2D eigenvalue weighted by Gasteiger charge is -2.13. The number of phenolic OH excluding ortho intramolecular Hbond substituents is 3. The Balaban J connectivity index is 1.86. The van der Waals surface area contributed by atoms with Gasteiger partial charge in [0.05, 0.1) is 0 Å². The Morgan fingerprint density at radius 2 is 0.966 bits per heavy atom. The summed E-state index contributed by atoms with van der Waals surface area (Å²) >= 11 is 0. The molecule has 0 amide bonds. The van der Waals surface area contributed by atoms with Crippen molar-refractivity contribution in [2.24, 2.45) is 0 Å². The van der Waals surface area contributed by atoms with Gasteiger partial charge in [-0.3, -0.25) is 0 Å². The van der Waals surface area contributed by atoms with E-state index in [4.69, 9.17) is 0 Å². The van der Waals surface area contributed by atoms with Crippen LogP contribution in [0.1, 0.15) is 72.9 Å². The summed E-state index contributed by atoms with van der Waals surface area (Å²) in [5, 5.41) is 30.3. The van der Waals surface area contributed by atoms with Gasteiger partial charge in [0.1, 0.15) is 17.2 Å². The second-order valence-electron chi connectivity index (χ2n) is 8.46. The quantitative estimate of drug-likeness (QED) is 0.467. The largest absolute Gasteiger partial charge is 0.508 e. The van der Waals surface area contributed by atoms with Crippen LogP contribution in [0, 0.1) is 0 Å². The molecule has 3 aromatic carbocycles. The predicted molar refractivity (Wildman–Crippen MR) is 118 cm³/mol. The molecule has 0 saturated heterocycles. The Morgan fingerprint density at radius 3 is 1.34 bits per heavy atom. The Bertz CT molecular complexity index is 925. The van der Waals surface area contributed by atoms with Gasteiger partial charge in [0, 0.05) is 0 Å². The zero-order valence-corrected chi connectivity index (χ0v) is 17.6. The molecule has 0 atom stereocenters. The molecule has 0 aliphatic carbocycles. The van der Waals surface area contributed by atoms with Gasteiger partial charge < -0.3 is 15.3 Å². The SMILES string of the molecule is CC(C)c1cc(Cc2cc(O)cc(Cc3ccc(O)c(C(C)C)c3)c2)ccc1O. The minimum atomic E-state index is 0.249. The van der Waals surface area contributed by atoms with Crippen molar-refractivity contribution in [2.75, 3.05) is 0 Å². The summed E-state index contributed by atoms with van der Waals surface area (Å²) in [6.45, 7) is 8.26. The van der Waals surface area contributed by atoms with Gasteiger partial charge in [-0.15, -0.1) is 0 Å². The smallest absolute Gasteiger partial charge is 0.119 e. The number of hydrogen-bond donors (Lipinski definition) is 3. The molecule has 0 heterocycles. The number of benzene rings is 3. The van der Waals surface area contributed by atoms with Crippen LogP contribution in [-0.4, -0.2) is 15.3 Å². The molecule has 0 radical (unpaired) electrons. The average molecular weight is 391 g/mol. The maximum absolute atomic E-state index is 10.2. The standard InChI is InChI=1S/C26H30O3/c1-16(2)23-14-18(5-7-25(23)28)9-20-11-21(13-22(27)12-20)10-19-6-8-26(29)24(15-19)17(3)4/h5-8,11-17,27-29H,9-10H2,1-4H3. The second kappa shape index (κ2) is 8.60. The van der Waals surface area contributed by atoms with Crippen LogP contribution in [0.25, 0.3) is 0 Å². The third-order valence-electron chi connectivity index (χ3n) is 5.28. The van der Waals surface area contributed by atoms with E-state index in [2.05, 4.69) is 33.8 Å².